The number of aromatic nitrogens is 1. The molecule has 8 heteroatoms. The molecule has 1 aromatic heterocycles. The van der Waals surface area contributed by atoms with Crippen LogP contribution in [-0.4, -0.2) is 16.1 Å². The minimum absolute atomic E-state index is 0.142. The summed E-state index contributed by atoms with van der Waals surface area (Å²) in [7, 11) is 0. The smallest absolute Gasteiger partial charge is 0.416 e. The Morgan fingerprint density at radius 2 is 1.59 bits per heavy atom. The third-order valence-electron chi connectivity index (χ3n) is 4.93. The third kappa shape index (κ3) is 4.98. The Kier molecular flexibility index (Phi) is 6.25. The van der Waals surface area contributed by atoms with Gasteiger partial charge in [-0.05, 0) is 41.5 Å². The van der Waals surface area contributed by atoms with Crippen LogP contribution in [0.4, 0.5) is 13.2 Å². The molecular formula is C24H19F3N2O2S. The van der Waals surface area contributed by atoms with E-state index in [2.05, 4.69) is 10.3 Å². The van der Waals surface area contributed by atoms with Crippen molar-refractivity contribution in [1.29, 1.82) is 0 Å². The van der Waals surface area contributed by atoms with Gasteiger partial charge in [-0.3, -0.25) is 0 Å². The van der Waals surface area contributed by atoms with Crippen molar-refractivity contribution >= 4 is 28.6 Å². The molecule has 0 spiro atoms. The molecule has 32 heavy (non-hydrogen) atoms. The highest BCUT2D eigenvalue weighted by Crippen LogP contribution is 2.37. The summed E-state index contributed by atoms with van der Waals surface area (Å²) < 4.78 is 38.0. The molecule has 4 rings (SSSR count). The molecular weight excluding hydrogens is 437 g/mol. The topological polar surface area (TPSA) is 65.1 Å². The molecule has 0 radical (unpaired) electrons. The predicted molar refractivity (Wildman–Crippen MR) is 118 cm³/mol. The summed E-state index contributed by atoms with van der Waals surface area (Å²) in [5.74, 6) is -1.03. The Morgan fingerprint density at radius 3 is 2.25 bits per heavy atom. The van der Waals surface area contributed by atoms with E-state index < -0.39 is 17.7 Å². The summed E-state index contributed by atoms with van der Waals surface area (Å²) in [5, 5.41) is 13.7. The number of fused-ring (bicyclic) bond motifs is 1. The van der Waals surface area contributed by atoms with Gasteiger partial charge in [0.1, 0.15) is 5.69 Å². The number of aromatic carboxylic acids is 1. The maximum absolute atomic E-state index is 12.7. The molecule has 3 N–H and O–H groups in total. The number of carboxylic acids is 1. The van der Waals surface area contributed by atoms with Crippen molar-refractivity contribution < 1.29 is 23.1 Å². The Labute approximate surface area is 186 Å². The highest BCUT2D eigenvalue weighted by atomic mass is 32.2. The lowest BCUT2D eigenvalue weighted by Crippen LogP contribution is -2.13. The fourth-order valence-corrected chi connectivity index (χ4v) is 4.41. The van der Waals surface area contributed by atoms with Gasteiger partial charge in [0.05, 0.1) is 10.5 Å². The number of hydrogen-bond donors (Lipinski definition) is 3. The van der Waals surface area contributed by atoms with Crippen molar-refractivity contribution in [2.75, 3.05) is 0 Å². The van der Waals surface area contributed by atoms with Gasteiger partial charge in [-0.2, -0.15) is 13.2 Å². The van der Waals surface area contributed by atoms with Gasteiger partial charge in [0.25, 0.3) is 0 Å². The van der Waals surface area contributed by atoms with E-state index >= 15 is 0 Å². The zero-order valence-corrected chi connectivity index (χ0v) is 17.6. The third-order valence-corrected chi connectivity index (χ3v) is 6.07. The van der Waals surface area contributed by atoms with Crippen molar-refractivity contribution in [2.24, 2.45) is 0 Å². The number of carboxylic acid groups (broad SMARTS) is 1. The first kappa shape index (κ1) is 22.0. The molecule has 0 atom stereocenters. The monoisotopic (exact) mass is 456 g/mol. The zero-order valence-electron chi connectivity index (χ0n) is 16.7. The Bertz CT molecular complexity index is 1240. The van der Waals surface area contributed by atoms with Crippen molar-refractivity contribution in [1.82, 2.24) is 10.3 Å². The van der Waals surface area contributed by atoms with Crippen LogP contribution in [-0.2, 0) is 19.3 Å². The van der Waals surface area contributed by atoms with Crippen LogP contribution in [0.1, 0.15) is 27.2 Å². The molecule has 1 heterocycles. The predicted octanol–water partition coefficient (Wildman–Crippen LogP) is 6.33. The fourth-order valence-electron chi connectivity index (χ4n) is 3.35. The number of hydrogen-bond acceptors (Lipinski definition) is 3. The number of carbonyl (C=O) groups is 1. The standard InChI is InChI=1S/C24H19F3N2O2S/c25-24(26,27)17-9-6-15(7-10-17)13-28-14-16-8-11-19-20(12-16)29-21(23(30)31)22(19)32-18-4-2-1-3-5-18/h1-12,28-29H,13-14H2,(H,30,31). The van der Waals surface area contributed by atoms with E-state index in [1.165, 1.54) is 23.9 Å². The van der Waals surface area contributed by atoms with Gasteiger partial charge in [-0.1, -0.05) is 54.2 Å². The van der Waals surface area contributed by atoms with Crippen LogP contribution >= 0.6 is 11.8 Å². The normalized spacial score (nSPS) is 11.7. The molecule has 3 aromatic carbocycles. The summed E-state index contributed by atoms with van der Waals surface area (Å²) in [6.07, 6.45) is -4.34. The molecule has 0 saturated carbocycles. The lowest BCUT2D eigenvalue weighted by Gasteiger charge is -2.09. The van der Waals surface area contributed by atoms with Gasteiger partial charge in [0.2, 0.25) is 0 Å². The van der Waals surface area contributed by atoms with Crippen LogP contribution < -0.4 is 5.32 Å². The molecule has 0 fully saturated rings. The molecule has 0 aliphatic rings. The summed E-state index contributed by atoms with van der Waals surface area (Å²) in [6, 6.07) is 20.3. The minimum Gasteiger partial charge on any atom is -0.477 e. The molecule has 0 unspecified atom stereocenters. The van der Waals surface area contributed by atoms with Crippen LogP contribution in [0.2, 0.25) is 0 Å². The number of nitrogens with one attached hydrogen (secondary N) is 2. The highest BCUT2D eigenvalue weighted by molar-refractivity contribution is 7.99. The summed E-state index contributed by atoms with van der Waals surface area (Å²) in [4.78, 5) is 16.4. The van der Waals surface area contributed by atoms with E-state index in [4.69, 9.17) is 0 Å². The molecule has 164 valence electrons. The second-order valence-electron chi connectivity index (χ2n) is 7.23. The van der Waals surface area contributed by atoms with Crippen LogP contribution in [0.25, 0.3) is 10.9 Å². The Balaban J connectivity index is 1.48. The molecule has 4 nitrogen and oxygen atoms in total. The van der Waals surface area contributed by atoms with Crippen molar-refractivity contribution in [3.8, 4) is 0 Å². The van der Waals surface area contributed by atoms with E-state index in [-0.39, 0.29) is 5.69 Å². The van der Waals surface area contributed by atoms with E-state index in [0.717, 1.165) is 39.1 Å². The van der Waals surface area contributed by atoms with E-state index in [9.17, 15) is 23.1 Å². The van der Waals surface area contributed by atoms with Gasteiger partial charge in [0, 0.05) is 28.9 Å². The number of aromatic amines is 1. The molecule has 0 saturated heterocycles. The first-order chi connectivity index (χ1) is 15.3. The van der Waals surface area contributed by atoms with Crippen LogP contribution in [0, 0.1) is 0 Å². The largest absolute Gasteiger partial charge is 0.477 e. The van der Waals surface area contributed by atoms with E-state index in [1.54, 1.807) is 0 Å². The lowest BCUT2D eigenvalue weighted by molar-refractivity contribution is -0.137. The number of alkyl halides is 3. The first-order valence-corrected chi connectivity index (χ1v) is 10.6. The van der Waals surface area contributed by atoms with Crippen LogP contribution in [0.5, 0.6) is 0 Å². The second kappa shape index (κ2) is 9.10. The van der Waals surface area contributed by atoms with Crippen molar-refractivity contribution in [3.05, 3.63) is 95.2 Å². The molecule has 4 aromatic rings. The van der Waals surface area contributed by atoms with Gasteiger partial charge < -0.3 is 15.4 Å². The summed E-state index contributed by atoms with van der Waals surface area (Å²) in [6.45, 7) is 0.899. The average Bonchev–Trinajstić information content (AvgIpc) is 3.12. The molecule has 0 amide bonds. The van der Waals surface area contributed by atoms with Crippen molar-refractivity contribution in [3.63, 3.8) is 0 Å². The van der Waals surface area contributed by atoms with Crippen LogP contribution in [0.15, 0.2) is 82.6 Å². The number of H-pyrrole nitrogens is 1. The van der Waals surface area contributed by atoms with Gasteiger partial charge in [0.15, 0.2) is 0 Å². The summed E-state index contributed by atoms with van der Waals surface area (Å²) >= 11 is 1.39. The van der Waals surface area contributed by atoms with E-state index in [0.29, 0.717) is 18.0 Å². The molecule has 0 aliphatic heterocycles. The highest BCUT2D eigenvalue weighted by Gasteiger charge is 2.29. The van der Waals surface area contributed by atoms with Gasteiger partial charge >= 0.3 is 12.1 Å². The number of benzene rings is 3. The van der Waals surface area contributed by atoms with Gasteiger partial charge in [-0.25, -0.2) is 4.79 Å². The van der Waals surface area contributed by atoms with E-state index in [1.807, 2.05) is 48.5 Å². The van der Waals surface area contributed by atoms with Gasteiger partial charge in [-0.15, -0.1) is 0 Å². The Morgan fingerprint density at radius 1 is 0.938 bits per heavy atom. The SMILES string of the molecule is O=C(O)c1[nH]c2cc(CNCc3ccc(C(F)(F)F)cc3)ccc2c1Sc1ccccc1. The average molecular weight is 456 g/mol. The summed E-state index contributed by atoms with van der Waals surface area (Å²) in [5.41, 5.74) is 1.86. The quantitative estimate of drug-likeness (QED) is 0.304. The van der Waals surface area contributed by atoms with Crippen LogP contribution in [0.3, 0.4) is 0 Å². The van der Waals surface area contributed by atoms with Crippen molar-refractivity contribution in [2.45, 2.75) is 29.1 Å². The number of rotatable bonds is 7. The zero-order chi connectivity index (χ0) is 22.7. The second-order valence-corrected chi connectivity index (χ2v) is 8.31. The maximum Gasteiger partial charge on any atom is 0.416 e. The minimum atomic E-state index is -4.34. The Hall–Kier alpha value is -3.23. The molecule has 0 bridgehead atoms. The number of halogens is 3. The first-order valence-electron chi connectivity index (χ1n) is 9.79. The fraction of sp³-hybridized carbons (Fsp3) is 0.125. The molecule has 0 aliphatic carbocycles. The lowest BCUT2D eigenvalue weighted by atomic mass is 10.1. The maximum atomic E-state index is 12.7.